The van der Waals surface area contributed by atoms with Crippen LogP contribution in [-0.2, 0) is 6.18 Å². The number of rotatable bonds is 7. The summed E-state index contributed by atoms with van der Waals surface area (Å²) < 4.78 is 48.8. The fraction of sp³-hybridized carbons (Fsp3) is 0.130. The average molecular weight is 668 g/mol. The number of halogens is 6. The first kappa shape index (κ1) is 32.5. The van der Waals surface area contributed by atoms with Crippen LogP contribution in [0.5, 0.6) is 11.8 Å². The Morgan fingerprint density at radius 3 is 2.10 bits per heavy atom. The second-order valence-electron chi connectivity index (χ2n) is 7.63. The van der Waals surface area contributed by atoms with Gasteiger partial charge in [-0.1, -0.05) is 40.9 Å². The van der Waals surface area contributed by atoms with Gasteiger partial charge in [0.15, 0.2) is 5.16 Å². The molecule has 0 aliphatic heterocycles. The summed E-state index contributed by atoms with van der Waals surface area (Å²) in [4.78, 5) is 29.9. The smallest absolute Gasteiger partial charge is 0.416 e. The minimum absolute atomic E-state index is 0.00885. The van der Waals surface area contributed by atoms with E-state index in [1.165, 1.54) is 26.4 Å². The number of methoxy groups -OCH3 is 2. The maximum Gasteiger partial charge on any atom is 0.416 e. The molecule has 4 rings (SSSR count). The van der Waals surface area contributed by atoms with Crippen molar-refractivity contribution in [3.63, 3.8) is 0 Å². The summed E-state index contributed by atoms with van der Waals surface area (Å²) in [5.41, 5.74) is 3.79. The van der Waals surface area contributed by atoms with Crippen molar-refractivity contribution in [1.29, 1.82) is 0 Å². The molecule has 0 aliphatic rings. The van der Waals surface area contributed by atoms with Crippen LogP contribution in [0.1, 0.15) is 15.9 Å². The van der Waals surface area contributed by atoms with E-state index < -0.39 is 34.1 Å². The minimum atomic E-state index is -4.63. The monoisotopic (exact) mass is 666 g/mol. The lowest BCUT2D eigenvalue weighted by Gasteiger charge is -2.12. The standard InChI is InChI=1S/C13H11ClN2O4S.C10H5Cl2F3N4O2/c1-19-9-6-10(20-2)16-13(15-9)21-8-5-3-4-7(14)11(8)12(17)18;11-5-1-4(10(13,14)15)2-6(12)8(5)18-9(16)7(3-17-18)19(20)21/h3-6H,1-2H3,(H,17,18);1-3H,16H2. The van der Waals surface area contributed by atoms with Gasteiger partial charge in [-0.15, -0.1) is 0 Å². The molecule has 0 aliphatic carbocycles. The molecule has 4 aromatic rings. The van der Waals surface area contributed by atoms with E-state index in [0.717, 1.165) is 22.6 Å². The topological polar surface area (TPSA) is 169 Å². The Hall–Kier alpha value is -3.99. The summed E-state index contributed by atoms with van der Waals surface area (Å²) in [6.45, 7) is 0. The Balaban J connectivity index is 0.000000230. The van der Waals surface area contributed by atoms with Gasteiger partial charge in [0.2, 0.25) is 17.6 Å². The van der Waals surface area contributed by atoms with Crippen molar-refractivity contribution in [3.05, 3.63) is 78.9 Å². The molecule has 0 saturated heterocycles. The van der Waals surface area contributed by atoms with E-state index in [-0.39, 0.29) is 26.3 Å². The molecule has 2 aromatic heterocycles. The molecule has 3 N–H and O–H groups in total. The van der Waals surface area contributed by atoms with Gasteiger partial charge in [-0.3, -0.25) is 10.1 Å². The van der Waals surface area contributed by atoms with Gasteiger partial charge in [0.05, 0.1) is 51.4 Å². The predicted molar refractivity (Wildman–Crippen MR) is 147 cm³/mol. The lowest BCUT2D eigenvalue weighted by molar-refractivity contribution is -0.383. The van der Waals surface area contributed by atoms with Gasteiger partial charge < -0.3 is 20.3 Å². The Morgan fingerprint density at radius 1 is 1.07 bits per heavy atom. The number of benzene rings is 2. The molecule has 2 heterocycles. The molecule has 0 saturated carbocycles. The summed E-state index contributed by atoms with van der Waals surface area (Å²) in [6, 6.07) is 7.61. The number of nitrogen functional groups attached to an aromatic ring is 1. The second-order valence-corrected chi connectivity index (χ2v) is 9.86. The van der Waals surface area contributed by atoms with E-state index in [9.17, 15) is 33.2 Å². The van der Waals surface area contributed by atoms with Crippen molar-refractivity contribution in [2.45, 2.75) is 16.2 Å². The number of alkyl halides is 3. The molecule has 0 unspecified atom stereocenters. The number of anilines is 1. The van der Waals surface area contributed by atoms with Crippen LogP contribution in [-0.4, -0.2) is 50.0 Å². The van der Waals surface area contributed by atoms with Gasteiger partial charge in [0.1, 0.15) is 11.9 Å². The van der Waals surface area contributed by atoms with Crippen LogP contribution >= 0.6 is 46.6 Å². The Bertz CT molecular complexity index is 1610. The zero-order chi connectivity index (χ0) is 31.4. The van der Waals surface area contributed by atoms with Gasteiger partial charge in [-0.2, -0.15) is 28.2 Å². The quantitative estimate of drug-likeness (QED) is 0.122. The Morgan fingerprint density at radius 2 is 1.64 bits per heavy atom. The SMILES string of the molecule is COc1cc(OC)nc(Sc2cccc(Cl)c2C(=O)O)n1.Nc1c([N+](=O)[O-])cnn1-c1c(Cl)cc(C(F)(F)F)cc1Cl. The number of carboxylic acids is 1. The number of nitro groups is 1. The van der Waals surface area contributed by atoms with Gasteiger partial charge in [0.25, 0.3) is 0 Å². The zero-order valence-corrected chi connectivity index (χ0v) is 24.1. The zero-order valence-electron chi connectivity index (χ0n) is 21.0. The highest BCUT2D eigenvalue weighted by Crippen LogP contribution is 2.39. The van der Waals surface area contributed by atoms with Crippen molar-refractivity contribution in [2.75, 3.05) is 20.0 Å². The van der Waals surface area contributed by atoms with Gasteiger partial charge in [0, 0.05) is 4.90 Å². The van der Waals surface area contributed by atoms with Gasteiger partial charge >= 0.3 is 17.8 Å². The molecule has 0 bridgehead atoms. The van der Waals surface area contributed by atoms with Crippen LogP contribution in [0.2, 0.25) is 15.1 Å². The van der Waals surface area contributed by atoms with Crippen molar-refractivity contribution in [3.8, 4) is 17.4 Å². The minimum Gasteiger partial charge on any atom is -0.481 e. The van der Waals surface area contributed by atoms with Crippen molar-refractivity contribution in [1.82, 2.24) is 19.7 Å². The first-order valence-corrected chi connectivity index (χ1v) is 12.8. The third-order valence-electron chi connectivity index (χ3n) is 5.01. The maximum absolute atomic E-state index is 12.6. The molecule has 0 spiro atoms. The molecule has 2 aromatic carbocycles. The van der Waals surface area contributed by atoms with Crippen LogP contribution < -0.4 is 15.2 Å². The normalized spacial score (nSPS) is 11.0. The summed E-state index contributed by atoms with van der Waals surface area (Å²) in [5, 5.41) is 23.2. The van der Waals surface area contributed by atoms with Crippen molar-refractivity contribution < 1.29 is 37.5 Å². The largest absolute Gasteiger partial charge is 0.481 e. The highest BCUT2D eigenvalue weighted by atomic mass is 35.5. The number of hydrogen-bond donors (Lipinski definition) is 2. The third-order valence-corrected chi connectivity index (χ3v) is 6.82. The lowest BCUT2D eigenvalue weighted by Crippen LogP contribution is -2.08. The van der Waals surface area contributed by atoms with E-state index in [1.807, 2.05) is 0 Å². The molecule has 42 heavy (non-hydrogen) atoms. The molecule has 19 heteroatoms. The summed E-state index contributed by atoms with van der Waals surface area (Å²) in [6.07, 6.45) is -3.78. The van der Waals surface area contributed by atoms with E-state index in [4.69, 9.17) is 50.0 Å². The number of hydrogen-bond acceptors (Lipinski definition) is 10. The number of aromatic nitrogens is 4. The molecule has 0 radical (unpaired) electrons. The van der Waals surface area contributed by atoms with Crippen LogP contribution in [0.25, 0.3) is 5.69 Å². The first-order valence-electron chi connectivity index (χ1n) is 10.9. The first-order chi connectivity index (χ1) is 19.7. The van der Waals surface area contributed by atoms with Crippen LogP contribution in [0, 0.1) is 10.1 Å². The Kier molecular flexibility index (Phi) is 10.3. The average Bonchev–Trinajstić information content (AvgIpc) is 3.28. The highest BCUT2D eigenvalue weighted by molar-refractivity contribution is 7.99. The van der Waals surface area contributed by atoms with E-state index in [1.54, 1.807) is 12.1 Å². The second kappa shape index (κ2) is 13.3. The van der Waals surface area contributed by atoms with E-state index >= 15 is 0 Å². The molecular weight excluding hydrogens is 652 g/mol. The fourth-order valence-electron chi connectivity index (χ4n) is 3.13. The predicted octanol–water partition coefficient (Wildman–Crippen LogP) is 6.68. The summed E-state index contributed by atoms with van der Waals surface area (Å²) in [5.74, 6) is -0.868. The third kappa shape index (κ3) is 7.44. The number of aromatic carboxylic acids is 1. The fourth-order valence-corrected chi connectivity index (χ4v) is 5.01. The number of nitrogens with zero attached hydrogens (tertiary/aromatic N) is 5. The molecule has 0 fully saturated rings. The van der Waals surface area contributed by atoms with Gasteiger partial charge in [-0.25, -0.2) is 9.48 Å². The highest BCUT2D eigenvalue weighted by Gasteiger charge is 2.33. The molecule has 0 atom stereocenters. The van der Waals surface area contributed by atoms with E-state index in [0.29, 0.717) is 33.9 Å². The van der Waals surface area contributed by atoms with Crippen molar-refractivity contribution in [2.24, 2.45) is 0 Å². The molecule has 222 valence electrons. The van der Waals surface area contributed by atoms with Gasteiger partial charge in [-0.05, 0) is 36.0 Å². The molecule has 0 amide bonds. The van der Waals surface area contributed by atoms with E-state index in [2.05, 4.69) is 15.1 Å². The maximum atomic E-state index is 12.6. The number of nitrogens with two attached hydrogens (primary N) is 1. The number of carboxylic acid groups (broad SMARTS) is 1. The van der Waals surface area contributed by atoms with Crippen LogP contribution in [0.4, 0.5) is 24.7 Å². The lowest BCUT2D eigenvalue weighted by atomic mass is 10.2. The van der Waals surface area contributed by atoms with Crippen molar-refractivity contribution >= 4 is 64.0 Å². The van der Waals surface area contributed by atoms with Crippen LogP contribution in [0.3, 0.4) is 0 Å². The summed E-state index contributed by atoms with van der Waals surface area (Å²) >= 11 is 18.5. The summed E-state index contributed by atoms with van der Waals surface area (Å²) in [7, 11) is 2.94. The molecule has 12 nitrogen and oxygen atoms in total. The molecular formula is C23H16Cl3F3N6O6S. The Labute approximate surface area is 253 Å². The number of ether oxygens (including phenoxy) is 2. The van der Waals surface area contributed by atoms with Crippen LogP contribution in [0.15, 0.2) is 52.6 Å². The number of carbonyl (C=O) groups is 1.